The van der Waals surface area contributed by atoms with Crippen molar-refractivity contribution in [2.45, 2.75) is 25.8 Å². The van der Waals surface area contributed by atoms with Gasteiger partial charge in [0.15, 0.2) is 11.5 Å². The van der Waals surface area contributed by atoms with Gasteiger partial charge in [-0.3, -0.25) is 0 Å². The molecule has 0 bridgehead atoms. The molecule has 1 aromatic carbocycles. The number of nitrogens with zero attached hydrogens (tertiary/aromatic N) is 3. The van der Waals surface area contributed by atoms with E-state index in [1.807, 2.05) is 16.8 Å². The first kappa shape index (κ1) is 15.5. The van der Waals surface area contributed by atoms with Crippen LogP contribution in [-0.2, 0) is 13.0 Å². The summed E-state index contributed by atoms with van der Waals surface area (Å²) >= 11 is 0. The van der Waals surface area contributed by atoms with Crippen molar-refractivity contribution in [1.82, 2.24) is 14.8 Å². The highest BCUT2D eigenvalue weighted by atomic mass is 16.5. The summed E-state index contributed by atoms with van der Waals surface area (Å²) in [4.78, 5) is 4.29. The molecule has 1 aliphatic rings. The highest BCUT2D eigenvalue weighted by Gasteiger charge is 2.32. The average molecular weight is 318 g/mol. The number of nitrogen functional groups attached to an aromatic ring is 1. The highest BCUT2D eigenvalue weighted by Crippen LogP contribution is 2.46. The lowest BCUT2D eigenvalue weighted by molar-refractivity contribution is 0.298. The Kier molecular flexibility index (Phi) is 4.02. The van der Waals surface area contributed by atoms with E-state index in [-0.39, 0.29) is 5.92 Å². The van der Waals surface area contributed by atoms with Gasteiger partial charge in [-0.2, -0.15) is 4.98 Å². The van der Waals surface area contributed by atoms with Gasteiger partial charge in [-0.1, -0.05) is 13.0 Å². The molecule has 3 rings (SSSR count). The Balaban J connectivity index is 2.04. The number of benzene rings is 1. The van der Waals surface area contributed by atoms with Crippen molar-refractivity contribution in [3.8, 4) is 17.2 Å². The van der Waals surface area contributed by atoms with Crippen molar-refractivity contribution >= 4 is 5.95 Å². The third-order valence-corrected chi connectivity index (χ3v) is 4.46. The third kappa shape index (κ3) is 2.56. The van der Waals surface area contributed by atoms with Crippen LogP contribution >= 0.6 is 0 Å². The second-order valence-corrected chi connectivity index (χ2v) is 5.78. The van der Waals surface area contributed by atoms with E-state index >= 15 is 0 Å². The van der Waals surface area contributed by atoms with Crippen molar-refractivity contribution in [1.29, 1.82) is 0 Å². The SMILES string of the molecule is COc1ccc(C2Cn3nc(N)nc3CC2C)c(OC)c1OC. The maximum atomic E-state index is 5.72. The molecule has 2 heterocycles. The van der Waals surface area contributed by atoms with Gasteiger partial charge in [0.2, 0.25) is 11.7 Å². The van der Waals surface area contributed by atoms with Gasteiger partial charge >= 0.3 is 0 Å². The van der Waals surface area contributed by atoms with Gasteiger partial charge in [-0.15, -0.1) is 5.10 Å². The molecule has 7 nitrogen and oxygen atoms in total. The Morgan fingerprint density at radius 1 is 1.13 bits per heavy atom. The molecule has 0 radical (unpaired) electrons. The third-order valence-electron chi connectivity index (χ3n) is 4.46. The largest absolute Gasteiger partial charge is 0.493 e. The van der Waals surface area contributed by atoms with Crippen molar-refractivity contribution in [3.63, 3.8) is 0 Å². The molecule has 0 saturated carbocycles. The van der Waals surface area contributed by atoms with Crippen molar-refractivity contribution in [3.05, 3.63) is 23.5 Å². The molecule has 2 atom stereocenters. The minimum Gasteiger partial charge on any atom is -0.493 e. The van der Waals surface area contributed by atoms with Crippen LogP contribution in [0.1, 0.15) is 24.2 Å². The van der Waals surface area contributed by atoms with Crippen LogP contribution in [0.5, 0.6) is 17.2 Å². The summed E-state index contributed by atoms with van der Waals surface area (Å²) in [7, 11) is 4.88. The molecule has 0 aliphatic carbocycles. The molecule has 7 heteroatoms. The summed E-state index contributed by atoms with van der Waals surface area (Å²) in [5, 5.41) is 4.28. The van der Waals surface area contributed by atoms with Crippen molar-refractivity contribution < 1.29 is 14.2 Å². The van der Waals surface area contributed by atoms with Gasteiger partial charge in [0.1, 0.15) is 5.82 Å². The fourth-order valence-electron chi connectivity index (χ4n) is 3.31. The molecule has 2 N–H and O–H groups in total. The van der Waals surface area contributed by atoms with Gasteiger partial charge in [-0.05, 0) is 12.0 Å². The number of hydrogen-bond acceptors (Lipinski definition) is 6. The Labute approximate surface area is 135 Å². The number of hydrogen-bond donors (Lipinski definition) is 1. The first-order valence-corrected chi connectivity index (χ1v) is 7.57. The van der Waals surface area contributed by atoms with E-state index < -0.39 is 0 Å². The van der Waals surface area contributed by atoms with E-state index in [1.54, 1.807) is 21.3 Å². The number of fused-ring (bicyclic) bond motifs is 1. The molecule has 0 spiro atoms. The zero-order chi connectivity index (χ0) is 16.6. The highest BCUT2D eigenvalue weighted by molar-refractivity contribution is 5.57. The van der Waals surface area contributed by atoms with Crippen LogP contribution in [0.4, 0.5) is 5.95 Å². The number of methoxy groups -OCH3 is 3. The first-order chi connectivity index (χ1) is 11.1. The molecule has 0 fully saturated rings. The van der Waals surface area contributed by atoms with E-state index in [1.165, 1.54) is 0 Å². The van der Waals surface area contributed by atoms with Gasteiger partial charge in [-0.25, -0.2) is 4.68 Å². The van der Waals surface area contributed by atoms with Crippen LogP contribution in [-0.4, -0.2) is 36.1 Å². The van der Waals surface area contributed by atoms with Crippen molar-refractivity contribution in [2.75, 3.05) is 27.1 Å². The van der Waals surface area contributed by atoms with Crippen LogP contribution in [0.25, 0.3) is 0 Å². The van der Waals surface area contributed by atoms with Gasteiger partial charge < -0.3 is 19.9 Å². The number of aromatic nitrogens is 3. The van der Waals surface area contributed by atoms with Crippen molar-refractivity contribution in [2.24, 2.45) is 5.92 Å². The molecule has 0 saturated heterocycles. The second kappa shape index (κ2) is 5.98. The zero-order valence-corrected chi connectivity index (χ0v) is 13.9. The fraction of sp³-hybridized carbons (Fsp3) is 0.500. The van der Waals surface area contributed by atoms with E-state index in [2.05, 4.69) is 17.0 Å². The zero-order valence-electron chi connectivity index (χ0n) is 13.9. The van der Waals surface area contributed by atoms with E-state index in [0.29, 0.717) is 35.7 Å². The molecule has 23 heavy (non-hydrogen) atoms. The quantitative estimate of drug-likeness (QED) is 0.926. The van der Waals surface area contributed by atoms with Crippen LogP contribution in [0.15, 0.2) is 12.1 Å². The molecule has 2 unspecified atom stereocenters. The van der Waals surface area contributed by atoms with E-state index in [0.717, 1.165) is 17.8 Å². The molecule has 2 aromatic rings. The molecular formula is C16H22N4O3. The van der Waals surface area contributed by atoms with Crippen LogP contribution in [0, 0.1) is 5.92 Å². The summed E-state index contributed by atoms with van der Waals surface area (Å²) in [6, 6.07) is 3.95. The predicted molar refractivity (Wildman–Crippen MR) is 86.1 cm³/mol. The van der Waals surface area contributed by atoms with E-state index in [9.17, 15) is 0 Å². The number of nitrogens with two attached hydrogens (primary N) is 1. The number of anilines is 1. The lowest BCUT2D eigenvalue weighted by Crippen LogP contribution is -2.27. The molecule has 1 aliphatic heterocycles. The Hall–Kier alpha value is -2.44. The Morgan fingerprint density at radius 3 is 2.52 bits per heavy atom. The normalized spacial score (nSPS) is 20.0. The Bertz CT molecular complexity index is 714. The molecule has 124 valence electrons. The summed E-state index contributed by atoms with van der Waals surface area (Å²) in [5.41, 5.74) is 6.80. The summed E-state index contributed by atoms with van der Waals surface area (Å²) in [6.45, 7) is 2.92. The number of ether oxygens (including phenoxy) is 3. The maximum absolute atomic E-state index is 5.72. The topological polar surface area (TPSA) is 84.4 Å². The Morgan fingerprint density at radius 2 is 1.87 bits per heavy atom. The van der Waals surface area contributed by atoms with Gasteiger partial charge in [0.05, 0.1) is 27.9 Å². The lowest BCUT2D eigenvalue weighted by Gasteiger charge is -2.30. The molecular weight excluding hydrogens is 296 g/mol. The second-order valence-electron chi connectivity index (χ2n) is 5.78. The monoisotopic (exact) mass is 318 g/mol. The predicted octanol–water partition coefficient (Wildman–Crippen LogP) is 1.86. The minimum atomic E-state index is 0.235. The van der Waals surface area contributed by atoms with E-state index in [4.69, 9.17) is 19.9 Å². The number of rotatable bonds is 4. The first-order valence-electron chi connectivity index (χ1n) is 7.57. The summed E-state index contributed by atoms with van der Waals surface area (Å²) < 4.78 is 18.4. The summed E-state index contributed by atoms with van der Waals surface area (Å²) in [6.07, 6.45) is 0.826. The van der Waals surface area contributed by atoms with Crippen LogP contribution in [0.2, 0.25) is 0 Å². The van der Waals surface area contributed by atoms with Gasteiger partial charge in [0, 0.05) is 17.9 Å². The smallest absolute Gasteiger partial charge is 0.239 e. The summed E-state index contributed by atoms with van der Waals surface area (Å²) in [5.74, 6) is 3.86. The molecule has 1 aromatic heterocycles. The maximum Gasteiger partial charge on any atom is 0.239 e. The standard InChI is InChI=1S/C16H22N4O3/c1-9-7-13-18-16(17)19-20(13)8-11(9)10-5-6-12(21-2)15(23-4)14(10)22-3/h5-6,9,11H,7-8H2,1-4H3,(H2,17,19). The fourth-order valence-corrected chi connectivity index (χ4v) is 3.31. The lowest BCUT2D eigenvalue weighted by atomic mass is 9.82. The van der Waals surface area contributed by atoms with Crippen LogP contribution < -0.4 is 19.9 Å². The van der Waals surface area contributed by atoms with Gasteiger partial charge in [0.25, 0.3) is 0 Å². The van der Waals surface area contributed by atoms with Crippen LogP contribution in [0.3, 0.4) is 0 Å². The molecule has 0 amide bonds. The average Bonchev–Trinajstić information content (AvgIpc) is 2.91. The minimum absolute atomic E-state index is 0.235.